The maximum Gasteiger partial charge on any atom is 0.261 e. The number of anilines is 3. The van der Waals surface area contributed by atoms with Crippen LogP contribution in [0.5, 0.6) is 0 Å². The minimum atomic E-state index is -3.67. The average Bonchev–Trinajstić information content (AvgIpc) is 2.63. The second kappa shape index (κ2) is 7.25. The lowest BCUT2D eigenvalue weighted by molar-refractivity contribution is 0.601. The van der Waals surface area contributed by atoms with Gasteiger partial charge in [0.25, 0.3) is 10.0 Å². The van der Waals surface area contributed by atoms with E-state index in [2.05, 4.69) is 21.1 Å². The van der Waals surface area contributed by atoms with Crippen LogP contribution in [0.4, 0.5) is 17.2 Å². The summed E-state index contributed by atoms with van der Waals surface area (Å²) in [4.78, 5) is 4.38. The van der Waals surface area contributed by atoms with Gasteiger partial charge in [-0.25, -0.2) is 13.4 Å². The van der Waals surface area contributed by atoms with E-state index in [1.807, 2.05) is 6.92 Å². The lowest BCUT2D eigenvalue weighted by Gasteiger charge is -2.10. The molecule has 0 aliphatic carbocycles. The molecule has 3 aromatic rings. The van der Waals surface area contributed by atoms with Crippen LogP contribution in [-0.4, -0.2) is 13.4 Å². The average molecular weight is 364 g/mol. The van der Waals surface area contributed by atoms with Crippen LogP contribution in [0, 0.1) is 18.3 Å². The van der Waals surface area contributed by atoms with Gasteiger partial charge in [0.1, 0.15) is 5.82 Å². The number of sulfonamides is 1. The molecular formula is C19H16N4O2S. The van der Waals surface area contributed by atoms with Gasteiger partial charge in [0.15, 0.2) is 0 Å². The van der Waals surface area contributed by atoms with Crippen molar-refractivity contribution in [3.8, 4) is 6.07 Å². The number of nitrogens with zero attached hydrogens (tertiary/aromatic N) is 2. The highest BCUT2D eigenvalue weighted by molar-refractivity contribution is 7.92. The summed E-state index contributed by atoms with van der Waals surface area (Å²) >= 11 is 0. The topological polar surface area (TPSA) is 94.9 Å². The monoisotopic (exact) mass is 364 g/mol. The van der Waals surface area contributed by atoms with E-state index in [-0.39, 0.29) is 4.90 Å². The number of aromatic nitrogens is 1. The van der Waals surface area contributed by atoms with E-state index in [4.69, 9.17) is 5.26 Å². The van der Waals surface area contributed by atoms with E-state index in [1.54, 1.807) is 60.7 Å². The fourth-order valence-electron chi connectivity index (χ4n) is 2.27. The number of rotatable bonds is 5. The Morgan fingerprint density at radius 3 is 2.31 bits per heavy atom. The van der Waals surface area contributed by atoms with Gasteiger partial charge in [-0.3, -0.25) is 4.72 Å². The first-order valence-electron chi connectivity index (χ1n) is 7.79. The predicted molar refractivity (Wildman–Crippen MR) is 101 cm³/mol. The largest absolute Gasteiger partial charge is 0.340 e. The molecule has 0 bridgehead atoms. The van der Waals surface area contributed by atoms with E-state index in [1.165, 1.54) is 6.20 Å². The Morgan fingerprint density at radius 2 is 1.65 bits per heavy atom. The first kappa shape index (κ1) is 17.5. The molecule has 0 saturated carbocycles. The lowest BCUT2D eigenvalue weighted by atomic mass is 10.2. The summed E-state index contributed by atoms with van der Waals surface area (Å²) in [6.07, 6.45) is 1.51. The molecule has 0 saturated heterocycles. The maximum absolute atomic E-state index is 12.5. The molecule has 0 atom stereocenters. The zero-order valence-electron chi connectivity index (χ0n) is 14.0. The van der Waals surface area contributed by atoms with Crippen molar-refractivity contribution in [3.63, 3.8) is 0 Å². The number of aryl methyl sites for hydroxylation is 1. The van der Waals surface area contributed by atoms with E-state index in [9.17, 15) is 8.42 Å². The van der Waals surface area contributed by atoms with Gasteiger partial charge in [0.05, 0.1) is 22.2 Å². The quantitative estimate of drug-likeness (QED) is 0.718. The van der Waals surface area contributed by atoms with Gasteiger partial charge in [-0.05, 0) is 49.4 Å². The van der Waals surface area contributed by atoms with E-state index in [0.29, 0.717) is 17.1 Å². The van der Waals surface area contributed by atoms with E-state index < -0.39 is 10.0 Å². The molecule has 0 aliphatic rings. The summed E-state index contributed by atoms with van der Waals surface area (Å²) in [5.41, 5.74) is 2.69. The van der Waals surface area contributed by atoms with Crippen molar-refractivity contribution in [2.24, 2.45) is 0 Å². The Labute approximate surface area is 152 Å². The Kier molecular flexibility index (Phi) is 4.87. The molecule has 0 amide bonds. The molecule has 26 heavy (non-hydrogen) atoms. The second-order valence-electron chi connectivity index (χ2n) is 5.66. The highest BCUT2D eigenvalue weighted by atomic mass is 32.2. The molecule has 6 nitrogen and oxygen atoms in total. The Bertz CT molecular complexity index is 1050. The number of hydrogen-bond acceptors (Lipinski definition) is 5. The Balaban J connectivity index is 1.78. The van der Waals surface area contributed by atoms with E-state index >= 15 is 0 Å². The zero-order chi connectivity index (χ0) is 18.6. The van der Waals surface area contributed by atoms with Crippen LogP contribution in [0.25, 0.3) is 0 Å². The normalized spacial score (nSPS) is 10.8. The number of nitrogens with one attached hydrogen (secondary N) is 2. The second-order valence-corrected chi connectivity index (χ2v) is 7.34. The van der Waals surface area contributed by atoms with Gasteiger partial charge < -0.3 is 5.32 Å². The summed E-state index contributed by atoms with van der Waals surface area (Å²) in [6, 6.07) is 18.7. The summed E-state index contributed by atoms with van der Waals surface area (Å²) in [7, 11) is -3.67. The number of hydrogen-bond donors (Lipinski definition) is 2. The Hall–Kier alpha value is -3.37. The first-order valence-corrected chi connectivity index (χ1v) is 9.27. The van der Waals surface area contributed by atoms with Crippen molar-refractivity contribution in [1.29, 1.82) is 5.26 Å². The molecule has 0 radical (unpaired) electrons. The van der Waals surface area contributed by atoms with Gasteiger partial charge in [-0.1, -0.05) is 17.7 Å². The zero-order valence-corrected chi connectivity index (χ0v) is 14.8. The minimum absolute atomic E-state index is 0.196. The molecule has 3 rings (SSSR count). The van der Waals surface area contributed by atoms with Crippen LogP contribution in [0.15, 0.2) is 71.8 Å². The van der Waals surface area contributed by atoms with Crippen molar-refractivity contribution >= 4 is 27.2 Å². The van der Waals surface area contributed by atoms with Gasteiger partial charge in [0.2, 0.25) is 0 Å². The van der Waals surface area contributed by atoms with Gasteiger partial charge in [-0.15, -0.1) is 0 Å². The molecule has 2 aromatic carbocycles. The third-order valence-corrected chi connectivity index (χ3v) is 5.03. The lowest BCUT2D eigenvalue weighted by Crippen LogP contribution is -2.13. The smallest absolute Gasteiger partial charge is 0.261 e. The highest BCUT2D eigenvalue weighted by Crippen LogP contribution is 2.21. The molecule has 130 valence electrons. The molecule has 0 fully saturated rings. The van der Waals surface area contributed by atoms with Crippen LogP contribution >= 0.6 is 0 Å². The highest BCUT2D eigenvalue weighted by Gasteiger charge is 2.14. The van der Waals surface area contributed by atoms with Crippen LogP contribution < -0.4 is 10.0 Å². The standard InChI is InChI=1S/C19H16N4O2S/c1-14-2-8-18(9-3-14)26(24,25)23-17-10-11-21-19(12-17)22-16-6-4-15(13-20)5-7-16/h2-12H,1H3,(H2,21,22,23). The molecule has 1 aromatic heterocycles. The molecule has 0 unspecified atom stereocenters. The van der Waals surface area contributed by atoms with Crippen molar-refractivity contribution in [2.75, 3.05) is 10.0 Å². The number of nitriles is 1. The van der Waals surface area contributed by atoms with Crippen molar-refractivity contribution in [2.45, 2.75) is 11.8 Å². The first-order chi connectivity index (χ1) is 12.5. The van der Waals surface area contributed by atoms with Gasteiger partial charge in [-0.2, -0.15) is 5.26 Å². The van der Waals surface area contributed by atoms with Crippen LogP contribution in [0.2, 0.25) is 0 Å². The summed E-state index contributed by atoms with van der Waals surface area (Å²) < 4.78 is 27.5. The Morgan fingerprint density at radius 1 is 0.962 bits per heavy atom. The maximum atomic E-state index is 12.5. The SMILES string of the molecule is Cc1ccc(S(=O)(=O)Nc2ccnc(Nc3ccc(C#N)cc3)c2)cc1. The number of benzene rings is 2. The third-order valence-electron chi connectivity index (χ3n) is 3.63. The third kappa shape index (κ3) is 4.18. The molecule has 1 heterocycles. The molecule has 0 spiro atoms. The van der Waals surface area contributed by atoms with Gasteiger partial charge in [0, 0.05) is 18.0 Å². The van der Waals surface area contributed by atoms with Crippen LogP contribution in [-0.2, 0) is 10.0 Å². The summed E-state index contributed by atoms with van der Waals surface area (Å²) in [6.45, 7) is 1.90. The molecular weight excluding hydrogens is 348 g/mol. The van der Waals surface area contributed by atoms with Crippen LogP contribution in [0.1, 0.15) is 11.1 Å². The summed E-state index contributed by atoms with van der Waals surface area (Å²) in [5.74, 6) is 0.485. The van der Waals surface area contributed by atoms with Crippen molar-refractivity contribution in [1.82, 2.24) is 4.98 Å². The predicted octanol–water partition coefficient (Wildman–Crippen LogP) is 3.81. The fraction of sp³-hybridized carbons (Fsp3) is 0.0526. The van der Waals surface area contributed by atoms with E-state index in [0.717, 1.165) is 11.3 Å². The van der Waals surface area contributed by atoms with Crippen molar-refractivity contribution < 1.29 is 8.42 Å². The molecule has 2 N–H and O–H groups in total. The fourth-order valence-corrected chi connectivity index (χ4v) is 3.32. The minimum Gasteiger partial charge on any atom is -0.340 e. The van der Waals surface area contributed by atoms with Crippen LogP contribution in [0.3, 0.4) is 0 Å². The molecule has 0 aliphatic heterocycles. The van der Waals surface area contributed by atoms with Crippen molar-refractivity contribution in [3.05, 3.63) is 78.0 Å². The number of pyridine rings is 1. The summed E-state index contributed by atoms with van der Waals surface area (Å²) in [5, 5.41) is 11.9. The van der Waals surface area contributed by atoms with Gasteiger partial charge >= 0.3 is 0 Å². The molecule has 7 heteroatoms.